The van der Waals surface area contributed by atoms with Crippen molar-refractivity contribution in [3.05, 3.63) is 40.9 Å². The van der Waals surface area contributed by atoms with Gasteiger partial charge in [0, 0.05) is 10.4 Å². The molecule has 0 radical (unpaired) electrons. The monoisotopic (exact) mass is 321 g/mol. The zero-order chi connectivity index (χ0) is 16.5. The summed E-state index contributed by atoms with van der Waals surface area (Å²) in [4.78, 5) is 17.0. The van der Waals surface area contributed by atoms with Crippen molar-refractivity contribution >= 4 is 17.4 Å². The molecule has 2 rings (SSSR count). The molecular formula is C16H20ClN3O2. The van der Waals surface area contributed by atoms with Crippen LogP contribution in [0, 0.1) is 19.3 Å². The van der Waals surface area contributed by atoms with Crippen LogP contribution in [0.5, 0.6) is 5.75 Å². The van der Waals surface area contributed by atoms with Crippen molar-refractivity contribution in [1.29, 1.82) is 0 Å². The molecule has 0 aliphatic heterocycles. The average molecular weight is 322 g/mol. The molecule has 6 heteroatoms. The first-order valence-electron chi connectivity index (χ1n) is 7.05. The minimum atomic E-state index is -0.859. The Morgan fingerprint density at radius 2 is 1.82 bits per heavy atom. The third-order valence-electron chi connectivity index (χ3n) is 3.15. The van der Waals surface area contributed by atoms with Crippen LogP contribution >= 0.6 is 11.6 Å². The molecule has 0 aliphatic rings. The second-order valence-corrected chi connectivity index (χ2v) is 6.63. The quantitative estimate of drug-likeness (QED) is 0.860. The van der Waals surface area contributed by atoms with E-state index in [0.29, 0.717) is 22.4 Å². The van der Waals surface area contributed by atoms with Gasteiger partial charge in [-0.15, -0.1) is 0 Å². The van der Waals surface area contributed by atoms with Gasteiger partial charge in [-0.2, -0.15) is 5.10 Å². The van der Waals surface area contributed by atoms with E-state index >= 15 is 0 Å². The number of carbonyl (C=O) groups excluding carboxylic acids is 1. The number of benzene rings is 1. The molecule has 0 fully saturated rings. The number of ether oxygens (including phenoxy) is 1. The van der Waals surface area contributed by atoms with Crippen LogP contribution in [0.1, 0.15) is 38.6 Å². The number of hydrogen-bond acceptors (Lipinski definition) is 4. The van der Waals surface area contributed by atoms with Crippen molar-refractivity contribution in [3.63, 3.8) is 0 Å². The molecule has 0 amide bonds. The topological polar surface area (TPSA) is 57.0 Å². The van der Waals surface area contributed by atoms with Crippen molar-refractivity contribution in [1.82, 2.24) is 14.8 Å². The van der Waals surface area contributed by atoms with Crippen molar-refractivity contribution < 1.29 is 9.53 Å². The van der Waals surface area contributed by atoms with Crippen LogP contribution in [0.25, 0.3) is 0 Å². The first-order chi connectivity index (χ1) is 10.2. The molecule has 0 saturated heterocycles. The largest absolute Gasteiger partial charge is 0.461 e. The number of aromatic nitrogens is 3. The molecule has 1 aromatic carbocycles. The number of hydrogen-bond donors (Lipinski definition) is 0. The molecule has 5 nitrogen and oxygen atoms in total. The van der Waals surface area contributed by atoms with E-state index in [1.807, 2.05) is 20.8 Å². The molecule has 0 N–H and O–H groups in total. The maximum atomic E-state index is 12.8. The SMILES string of the molecule is Cc1nc(C)n([C@@H](Oc2ccc(Cl)cc2)C(=O)C(C)(C)C)n1. The van der Waals surface area contributed by atoms with Crippen LogP contribution in [0.3, 0.4) is 0 Å². The minimum absolute atomic E-state index is 0.0737. The van der Waals surface area contributed by atoms with Gasteiger partial charge in [-0.25, -0.2) is 9.67 Å². The molecule has 2 aromatic rings. The fraction of sp³-hybridized carbons (Fsp3) is 0.438. The molecule has 22 heavy (non-hydrogen) atoms. The number of carbonyl (C=O) groups is 1. The predicted molar refractivity (Wildman–Crippen MR) is 85.1 cm³/mol. The zero-order valence-electron chi connectivity index (χ0n) is 13.4. The third-order valence-corrected chi connectivity index (χ3v) is 3.41. The molecule has 1 aromatic heterocycles. The molecular weight excluding hydrogens is 302 g/mol. The van der Waals surface area contributed by atoms with Gasteiger partial charge >= 0.3 is 0 Å². The lowest BCUT2D eigenvalue weighted by Gasteiger charge is -2.25. The predicted octanol–water partition coefficient (Wildman–Crippen LogP) is 3.74. The van der Waals surface area contributed by atoms with Crippen molar-refractivity contribution in [2.75, 3.05) is 0 Å². The second kappa shape index (κ2) is 6.08. The van der Waals surface area contributed by atoms with Crippen LogP contribution in [-0.2, 0) is 4.79 Å². The highest BCUT2D eigenvalue weighted by atomic mass is 35.5. The minimum Gasteiger partial charge on any atom is -0.461 e. The summed E-state index contributed by atoms with van der Waals surface area (Å²) in [7, 11) is 0. The van der Waals surface area contributed by atoms with E-state index in [-0.39, 0.29) is 5.78 Å². The summed E-state index contributed by atoms with van der Waals surface area (Å²) in [6.45, 7) is 9.14. The molecule has 1 atom stereocenters. The van der Waals surface area contributed by atoms with E-state index in [9.17, 15) is 4.79 Å². The summed E-state index contributed by atoms with van der Waals surface area (Å²) in [5, 5.41) is 4.90. The van der Waals surface area contributed by atoms with Gasteiger partial charge in [-0.1, -0.05) is 32.4 Å². The van der Waals surface area contributed by atoms with E-state index in [4.69, 9.17) is 16.3 Å². The van der Waals surface area contributed by atoms with Gasteiger partial charge in [0.25, 0.3) is 6.23 Å². The van der Waals surface area contributed by atoms with Crippen LogP contribution in [0.2, 0.25) is 5.02 Å². The van der Waals surface area contributed by atoms with Gasteiger partial charge in [0.2, 0.25) is 5.78 Å². The highest BCUT2D eigenvalue weighted by Crippen LogP contribution is 2.27. The Bertz CT molecular complexity index is 672. The lowest BCUT2D eigenvalue weighted by atomic mass is 9.89. The van der Waals surface area contributed by atoms with E-state index < -0.39 is 11.6 Å². The smallest absolute Gasteiger partial charge is 0.252 e. The Hall–Kier alpha value is -1.88. The van der Waals surface area contributed by atoms with Crippen LogP contribution in [-0.4, -0.2) is 20.5 Å². The lowest BCUT2D eigenvalue weighted by Crippen LogP contribution is -2.35. The van der Waals surface area contributed by atoms with E-state index in [1.165, 1.54) is 4.68 Å². The highest BCUT2D eigenvalue weighted by molar-refractivity contribution is 6.30. The molecule has 0 saturated carbocycles. The number of nitrogens with zero attached hydrogens (tertiary/aromatic N) is 3. The summed E-state index contributed by atoms with van der Waals surface area (Å²) in [5.74, 6) is 1.72. The first kappa shape index (κ1) is 16.5. The summed E-state index contributed by atoms with van der Waals surface area (Å²) in [5.41, 5.74) is -0.566. The summed E-state index contributed by atoms with van der Waals surface area (Å²) < 4.78 is 7.42. The van der Waals surface area contributed by atoms with Gasteiger partial charge in [0.1, 0.15) is 17.4 Å². The number of halogens is 1. The standard InChI is InChI=1S/C16H20ClN3O2/c1-10-18-11(2)20(19-10)15(14(21)16(3,4)5)22-13-8-6-12(17)7-9-13/h6-9,15H,1-5H3/t15-/m0/s1. The van der Waals surface area contributed by atoms with Gasteiger partial charge in [0.05, 0.1) is 0 Å². The van der Waals surface area contributed by atoms with Gasteiger partial charge < -0.3 is 4.74 Å². The van der Waals surface area contributed by atoms with Gasteiger partial charge in [0.15, 0.2) is 0 Å². The Kier molecular flexibility index (Phi) is 4.56. The van der Waals surface area contributed by atoms with Crippen molar-refractivity contribution in [2.24, 2.45) is 5.41 Å². The highest BCUT2D eigenvalue weighted by Gasteiger charge is 2.34. The van der Waals surface area contributed by atoms with E-state index in [2.05, 4.69) is 10.1 Å². The van der Waals surface area contributed by atoms with Crippen LogP contribution < -0.4 is 4.74 Å². The Morgan fingerprint density at radius 3 is 2.27 bits per heavy atom. The first-order valence-corrected chi connectivity index (χ1v) is 7.42. The van der Waals surface area contributed by atoms with Crippen molar-refractivity contribution in [2.45, 2.75) is 40.8 Å². The Morgan fingerprint density at radius 1 is 1.23 bits per heavy atom. The molecule has 1 heterocycles. The summed E-state index contributed by atoms with van der Waals surface area (Å²) in [6, 6.07) is 6.89. The summed E-state index contributed by atoms with van der Waals surface area (Å²) in [6.07, 6.45) is -0.859. The Balaban J connectivity index is 2.39. The number of aryl methyl sites for hydroxylation is 2. The maximum absolute atomic E-state index is 12.8. The zero-order valence-corrected chi connectivity index (χ0v) is 14.2. The molecule has 0 aliphatic carbocycles. The van der Waals surface area contributed by atoms with Crippen molar-refractivity contribution in [3.8, 4) is 5.75 Å². The molecule has 0 unspecified atom stereocenters. The molecule has 0 spiro atoms. The maximum Gasteiger partial charge on any atom is 0.252 e. The second-order valence-electron chi connectivity index (χ2n) is 6.19. The van der Waals surface area contributed by atoms with E-state index in [1.54, 1.807) is 38.1 Å². The van der Waals surface area contributed by atoms with E-state index in [0.717, 1.165) is 0 Å². The Labute approximate surface area is 135 Å². The van der Waals surface area contributed by atoms with Crippen LogP contribution in [0.15, 0.2) is 24.3 Å². The van der Waals surface area contributed by atoms with Crippen LogP contribution in [0.4, 0.5) is 0 Å². The number of Topliss-reactive ketones (excluding diaryl/α,β-unsaturated/α-hetero) is 1. The lowest BCUT2D eigenvalue weighted by molar-refractivity contribution is -0.138. The molecule has 0 bridgehead atoms. The average Bonchev–Trinajstić information content (AvgIpc) is 2.75. The third kappa shape index (κ3) is 3.65. The fourth-order valence-corrected chi connectivity index (χ4v) is 2.11. The summed E-state index contributed by atoms with van der Waals surface area (Å²) >= 11 is 5.88. The fourth-order valence-electron chi connectivity index (χ4n) is 1.99. The molecule has 118 valence electrons. The van der Waals surface area contributed by atoms with Gasteiger partial charge in [-0.3, -0.25) is 4.79 Å². The number of ketones is 1. The normalized spacial score (nSPS) is 13.0. The van der Waals surface area contributed by atoms with Gasteiger partial charge in [-0.05, 0) is 38.1 Å². The number of rotatable bonds is 4.